The van der Waals surface area contributed by atoms with Crippen LogP contribution in [0.25, 0.3) is 0 Å². The second kappa shape index (κ2) is 3.54. The minimum absolute atomic E-state index is 0.0619. The molecule has 15 heavy (non-hydrogen) atoms. The first-order chi connectivity index (χ1) is 7.08. The van der Waals surface area contributed by atoms with Crippen molar-refractivity contribution >= 4 is 21.7 Å². The molecule has 1 aliphatic heterocycles. The van der Waals surface area contributed by atoms with E-state index >= 15 is 0 Å². The van der Waals surface area contributed by atoms with Crippen LogP contribution in [-0.4, -0.2) is 26.7 Å². The predicted octanol–water partition coefficient (Wildman–Crippen LogP) is 0.546. The Labute approximate surface area is 87.8 Å². The molecule has 0 radical (unpaired) electrons. The van der Waals surface area contributed by atoms with E-state index in [4.69, 9.17) is 0 Å². The zero-order valence-corrected chi connectivity index (χ0v) is 8.70. The molecule has 1 N–H and O–H groups in total. The minimum atomic E-state index is -3.41. The van der Waals surface area contributed by atoms with Gasteiger partial charge in [-0.1, -0.05) is 18.2 Å². The van der Waals surface area contributed by atoms with Gasteiger partial charge in [-0.25, -0.2) is 17.9 Å². The van der Waals surface area contributed by atoms with Gasteiger partial charge in [-0.15, -0.1) is 0 Å². The quantitative estimate of drug-likeness (QED) is 0.760. The Bertz CT molecular complexity index is 469. The first-order valence-corrected chi connectivity index (χ1v) is 6.11. The summed E-state index contributed by atoms with van der Waals surface area (Å²) in [5, 5.41) is 0. The maximum absolute atomic E-state index is 11.4. The first kappa shape index (κ1) is 9.97. The Morgan fingerprint density at radius 1 is 1.20 bits per heavy atom. The number of amides is 2. The van der Waals surface area contributed by atoms with Gasteiger partial charge >= 0.3 is 6.03 Å². The highest BCUT2D eigenvalue weighted by atomic mass is 32.2. The molecule has 5 nitrogen and oxygen atoms in total. The Morgan fingerprint density at radius 3 is 2.47 bits per heavy atom. The van der Waals surface area contributed by atoms with Gasteiger partial charge in [-0.2, -0.15) is 0 Å². The van der Waals surface area contributed by atoms with Gasteiger partial charge < -0.3 is 0 Å². The highest BCUT2D eigenvalue weighted by Crippen LogP contribution is 2.15. The number of carbonyl (C=O) groups is 1. The summed E-state index contributed by atoms with van der Waals surface area (Å²) in [7, 11) is -3.41. The van der Waals surface area contributed by atoms with E-state index in [0.717, 1.165) is 0 Å². The van der Waals surface area contributed by atoms with Crippen molar-refractivity contribution in [2.24, 2.45) is 0 Å². The van der Waals surface area contributed by atoms with E-state index < -0.39 is 16.1 Å². The smallest absolute Gasteiger partial charge is 0.293 e. The molecule has 0 atom stereocenters. The molecule has 0 saturated carbocycles. The van der Waals surface area contributed by atoms with E-state index in [1.165, 1.54) is 4.90 Å². The van der Waals surface area contributed by atoms with Gasteiger partial charge in [-0.05, 0) is 12.1 Å². The second-order valence-electron chi connectivity index (χ2n) is 3.21. The molecular formula is C9H10N2O3S. The fraction of sp³-hybridized carbons (Fsp3) is 0.222. The molecule has 0 bridgehead atoms. The molecule has 0 aromatic heterocycles. The van der Waals surface area contributed by atoms with Crippen LogP contribution in [0.15, 0.2) is 30.3 Å². The lowest BCUT2D eigenvalue weighted by Gasteiger charge is -2.27. The van der Waals surface area contributed by atoms with Crippen molar-refractivity contribution in [2.45, 2.75) is 0 Å². The zero-order chi connectivity index (χ0) is 10.9. The average Bonchev–Trinajstić information content (AvgIpc) is 2.17. The third-order valence-electron chi connectivity index (χ3n) is 2.14. The minimum Gasteiger partial charge on any atom is -0.293 e. The number of anilines is 1. The Kier molecular flexibility index (Phi) is 2.36. The fourth-order valence-corrected chi connectivity index (χ4v) is 2.31. The highest BCUT2D eigenvalue weighted by Gasteiger charge is 2.28. The number of rotatable bonds is 1. The van der Waals surface area contributed by atoms with Crippen molar-refractivity contribution in [3.8, 4) is 0 Å². The van der Waals surface area contributed by atoms with Crippen LogP contribution in [-0.2, 0) is 10.0 Å². The van der Waals surface area contributed by atoms with E-state index in [0.29, 0.717) is 5.69 Å². The normalized spacial score (nSPS) is 19.7. The summed E-state index contributed by atoms with van der Waals surface area (Å²) in [5.41, 5.74) is 0.699. The summed E-state index contributed by atoms with van der Waals surface area (Å²) in [4.78, 5) is 12.8. The summed E-state index contributed by atoms with van der Waals surface area (Å²) in [6.45, 7) is 0.193. The van der Waals surface area contributed by atoms with E-state index in [-0.39, 0.29) is 12.3 Å². The van der Waals surface area contributed by atoms with Gasteiger partial charge in [0.1, 0.15) is 0 Å². The van der Waals surface area contributed by atoms with Gasteiger partial charge in [-0.3, -0.25) is 4.90 Å². The topological polar surface area (TPSA) is 66.5 Å². The van der Waals surface area contributed by atoms with Crippen molar-refractivity contribution in [1.82, 2.24) is 4.72 Å². The van der Waals surface area contributed by atoms with Gasteiger partial charge in [0.05, 0.1) is 5.75 Å². The molecule has 1 fully saturated rings. The van der Waals surface area contributed by atoms with E-state index in [9.17, 15) is 13.2 Å². The number of nitrogens with one attached hydrogen (secondary N) is 1. The van der Waals surface area contributed by atoms with E-state index in [1.807, 2.05) is 10.8 Å². The fourth-order valence-electron chi connectivity index (χ4n) is 1.41. The van der Waals surface area contributed by atoms with Gasteiger partial charge in [0.2, 0.25) is 10.0 Å². The van der Waals surface area contributed by atoms with Gasteiger partial charge in [0, 0.05) is 12.2 Å². The van der Waals surface area contributed by atoms with Crippen LogP contribution in [0.4, 0.5) is 10.5 Å². The monoisotopic (exact) mass is 226 g/mol. The SMILES string of the molecule is O=C1NS(=O)(=O)CCN1c1ccccc1. The molecule has 0 spiro atoms. The average molecular weight is 226 g/mol. The van der Waals surface area contributed by atoms with Crippen molar-refractivity contribution in [3.05, 3.63) is 30.3 Å². The van der Waals surface area contributed by atoms with Crippen molar-refractivity contribution in [1.29, 1.82) is 0 Å². The van der Waals surface area contributed by atoms with Crippen molar-refractivity contribution < 1.29 is 13.2 Å². The predicted molar refractivity (Wildman–Crippen MR) is 56.1 cm³/mol. The number of para-hydroxylation sites is 1. The molecule has 1 aromatic rings. The Morgan fingerprint density at radius 2 is 1.87 bits per heavy atom. The first-order valence-electron chi connectivity index (χ1n) is 4.45. The lowest BCUT2D eigenvalue weighted by molar-refractivity contribution is 0.250. The van der Waals surface area contributed by atoms with Crippen LogP contribution in [0.1, 0.15) is 0 Å². The Hall–Kier alpha value is -1.56. The molecule has 0 unspecified atom stereocenters. The van der Waals surface area contributed by atoms with E-state index in [2.05, 4.69) is 0 Å². The number of sulfonamides is 1. The van der Waals surface area contributed by atoms with Gasteiger partial charge in [0.25, 0.3) is 0 Å². The maximum atomic E-state index is 11.4. The lowest BCUT2D eigenvalue weighted by atomic mass is 10.3. The Balaban J connectivity index is 2.24. The summed E-state index contributed by atoms with van der Waals surface area (Å²) in [5.74, 6) is -0.0619. The molecule has 1 aromatic carbocycles. The molecule has 2 amide bonds. The summed E-state index contributed by atoms with van der Waals surface area (Å²) < 4.78 is 24.1. The number of hydrogen-bond acceptors (Lipinski definition) is 3. The number of urea groups is 1. The molecule has 0 aliphatic carbocycles. The second-order valence-corrected chi connectivity index (χ2v) is 5.06. The number of hydrogen-bond donors (Lipinski definition) is 1. The van der Waals surface area contributed by atoms with Crippen LogP contribution < -0.4 is 9.62 Å². The summed E-state index contributed by atoms with van der Waals surface area (Å²) in [6.07, 6.45) is 0. The van der Waals surface area contributed by atoms with Crippen LogP contribution in [0.5, 0.6) is 0 Å². The van der Waals surface area contributed by atoms with Crippen LogP contribution in [0, 0.1) is 0 Å². The molecule has 2 rings (SSSR count). The van der Waals surface area contributed by atoms with E-state index in [1.54, 1.807) is 24.3 Å². The van der Waals surface area contributed by atoms with Crippen LogP contribution >= 0.6 is 0 Å². The number of nitrogens with zero attached hydrogens (tertiary/aromatic N) is 1. The number of benzene rings is 1. The molecule has 1 heterocycles. The van der Waals surface area contributed by atoms with Crippen LogP contribution in [0.3, 0.4) is 0 Å². The molecule has 1 aliphatic rings. The highest BCUT2D eigenvalue weighted by molar-refractivity contribution is 7.90. The van der Waals surface area contributed by atoms with Crippen molar-refractivity contribution in [3.63, 3.8) is 0 Å². The van der Waals surface area contributed by atoms with Crippen molar-refractivity contribution in [2.75, 3.05) is 17.2 Å². The standard InChI is InChI=1S/C9H10N2O3S/c12-9-10-15(13,14)7-6-11(9)8-4-2-1-3-5-8/h1-5H,6-7H2,(H,10,12). The lowest BCUT2D eigenvalue weighted by Crippen LogP contribution is -2.51. The molecule has 6 heteroatoms. The zero-order valence-electron chi connectivity index (χ0n) is 7.88. The number of carbonyl (C=O) groups excluding carboxylic acids is 1. The van der Waals surface area contributed by atoms with Crippen LogP contribution in [0.2, 0.25) is 0 Å². The summed E-state index contributed by atoms with van der Waals surface area (Å²) in [6, 6.07) is 8.36. The maximum Gasteiger partial charge on any atom is 0.335 e. The molecule has 80 valence electrons. The van der Waals surface area contributed by atoms with Gasteiger partial charge in [0.15, 0.2) is 0 Å². The largest absolute Gasteiger partial charge is 0.335 e. The third-order valence-corrected chi connectivity index (χ3v) is 3.35. The molecular weight excluding hydrogens is 216 g/mol. The summed E-state index contributed by atoms with van der Waals surface area (Å²) >= 11 is 0. The third kappa shape index (κ3) is 2.10. The molecule has 1 saturated heterocycles.